The smallest absolute Gasteiger partial charge is 0.417 e. The molecule has 5 nitrogen and oxygen atoms in total. The fourth-order valence-electron chi connectivity index (χ4n) is 4.12. The van der Waals surface area contributed by atoms with Crippen molar-refractivity contribution in [2.75, 3.05) is 13.2 Å². The third kappa shape index (κ3) is 5.92. The summed E-state index contributed by atoms with van der Waals surface area (Å²) in [5.41, 5.74) is 0.523. The average Bonchev–Trinajstić information content (AvgIpc) is 2.98. The van der Waals surface area contributed by atoms with Crippen molar-refractivity contribution in [1.29, 1.82) is 0 Å². The highest BCUT2D eigenvalue weighted by atomic mass is 35.5. The van der Waals surface area contributed by atoms with E-state index in [2.05, 4.69) is 0 Å². The molecule has 1 aliphatic heterocycles. The van der Waals surface area contributed by atoms with Gasteiger partial charge in [-0.05, 0) is 76.8 Å². The molecule has 1 unspecified atom stereocenters. The zero-order chi connectivity index (χ0) is 24.4. The van der Waals surface area contributed by atoms with Gasteiger partial charge in [0.15, 0.2) is 0 Å². The molecule has 33 heavy (non-hydrogen) atoms. The standard InChI is InChI=1S/C26H31ClFNO4/c1-6-32-16-26(5)15-20(29(23(26)30)24(31)33-25(2,3)4)13-17-7-9-18(10-8-17)21-14-19(27)11-12-22(21)28/h7-12,14,20H,6,13,15-16H2,1-5H3/t20?,26-/m0/s1. The van der Waals surface area contributed by atoms with Crippen molar-refractivity contribution in [2.24, 2.45) is 5.41 Å². The molecular formula is C26H31ClFNO4. The number of hydrogen-bond acceptors (Lipinski definition) is 4. The van der Waals surface area contributed by atoms with E-state index in [0.29, 0.717) is 35.6 Å². The molecular weight excluding hydrogens is 445 g/mol. The van der Waals surface area contributed by atoms with Gasteiger partial charge in [-0.2, -0.15) is 0 Å². The molecule has 178 valence electrons. The molecule has 1 saturated heterocycles. The van der Waals surface area contributed by atoms with Crippen molar-refractivity contribution in [3.63, 3.8) is 0 Å². The Morgan fingerprint density at radius 3 is 2.48 bits per heavy atom. The molecule has 1 heterocycles. The van der Waals surface area contributed by atoms with Crippen LogP contribution in [-0.2, 0) is 20.7 Å². The normalized spacial score (nSPS) is 20.9. The highest BCUT2D eigenvalue weighted by molar-refractivity contribution is 6.30. The van der Waals surface area contributed by atoms with Gasteiger partial charge in [0.1, 0.15) is 11.4 Å². The predicted molar refractivity (Wildman–Crippen MR) is 127 cm³/mol. The number of benzene rings is 2. The van der Waals surface area contributed by atoms with Crippen LogP contribution in [0.2, 0.25) is 5.02 Å². The van der Waals surface area contributed by atoms with Crippen LogP contribution in [0.3, 0.4) is 0 Å². The lowest BCUT2D eigenvalue weighted by Gasteiger charge is -2.28. The first-order valence-electron chi connectivity index (χ1n) is 11.1. The van der Waals surface area contributed by atoms with Crippen molar-refractivity contribution in [3.05, 3.63) is 58.9 Å². The van der Waals surface area contributed by atoms with Crippen LogP contribution in [0.5, 0.6) is 0 Å². The van der Waals surface area contributed by atoms with Gasteiger partial charge in [-0.3, -0.25) is 4.79 Å². The summed E-state index contributed by atoms with van der Waals surface area (Å²) < 4.78 is 25.3. The number of imide groups is 1. The van der Waals surface area contributed by atoms with E-state index in [0.717, 1.165) is 5.56 Å². The van der Waals surface area contributed by atoms with E-state index < -0.39 is 17.1 Å². The van der Waals surface area contributed by atoms with E-state index in [4.69, 9.17) is 21.1 Å². The maximum absolute atomic E-state index is 14.2. The molecule has 2 amide bonds. The zero-order valence-corrected chi connectivity index (χ0v) is 20.5. The van der Waals surface area contributed by atoms with E-state index >= 15 is 0 Å². The molecule has 0 spiro atoms. The largest absolute Gasteiger partial charge is 0.443 e. The molecule has 2 atom stereocenters. The number of nitrogens with zero attached hydrogens (tertiary/aromatic N) is 1. The number of ether oxygens (including phenoxy) is 2. The van der Waals surface area contributed by atoms with Crippen LogP contribution in [0.25, 0.3) is 11.1 Å². The van der Waals surface area contributed by atoms with E-state index in [9.17, 15) is 14.0 Å². The lowest BCUT2D eigenvalue weighted by molar-refractivity contribution is -0.137. The summed E-state index contributed by atoms with van der Waals surface area (Å²) in [6, 6.07) is 11.5. The minimum Gasteiger partial charge on any atom is -0.443 e. The van der Waals surface area contributed by atoms with Crippen LogP contribution in [0, 0.1) is 11.2 Å². The van der Waals surface area contributed by atoms with Gasteiger partial charge >= 0.3 is 6.09 Å². The number of likely N-dealkylation sites (tertiary alicyclic amines) is 1. The van der Waals surface area contributed by atoms with Crippen LogP contribution in [-0.4, -0.2) is 41.8 Å². The summed E-state index contributed by atoms with van der Waals surface area (Å²) in [4.78, 5) is 27.4. The van der Waals surface area contributed by atoms with Gasteiger partial charge in [0.25, 0.3) is 0 Å². The molecule has 3 rings (SSSR count). The number of halogens is 2. The lowest BCUT2D eigenvalue weighted by atomic mass is 9.86. The molecule has 1 aliphatic rings. The van der Waals surface area contributed by atoms with E-state index in [1.807, 2.05) is 38.1 Å². The van der Waals surface area contributed by atoms with Gasteiger partial charge in [0, 0.05) is 23.2 Å². The van der Waals surface area contributed by atoms with Crippen LogP contribution >= 0.6 is 11.6 Å². The molecule has 2 aromatic rings. The van der Waals surface area contributed by atoms with Crippen molar-refractivity contribution in [2.45, 2.75) is 59.1 Å². The van der Waals surface area contributed by atoms with Crippen LogP contribution in [0.1, 0.15) is 46.6 Å². The Balaban J connectivity index is 1.85. The summed E-state index contributed by atoms with van der Waals surface area (Å²) in [5.74, 6) is -0.635. The highest BCUT2D eigenvalue weighted by Crippen LogP contribution is 2.39. The minimum atomic E-state index is -0.804. The molecule has 7 heteroatoms. The Labute approximate surface area is 199 Å². The van der Waals surface area contributed by atoms with Gasteiger partial charge in [0.05, 0.1) is 12.0 Å². The second-order valence-electron chi connectivity index (χ2n) is 9.74. The molecule has 1 fully saturated rings. The van der Waals surface area contributed by atoms with Crippen LogP contribution < -0.4 is 0 Å². The summed E-state index contributed by atoms with van der Waals surface area (Å²) in [6.07, 6.45) is 0.288. The first-order valence-corrected chi connectivity index (χ1v) is 11.5. The number of carbonyl (C=O) groups is 2. The molecule has 0 bridgehead atoms. The van der Waals surface area contributed by atoms with Crippen molar-refractivity contribution in [1.82, 2.24) is 4.90 Å². The number of carbonyl (C=O) groups excluding carboxylic acids is 2. The minimum absolute atomic E-state index is 0.241. The Kier molecular flexibility index (Phi) is 7.49. The summed E-state index contributed by atoms with van der Waals surface area (Å²) >= 11 is 6.02. The fourth-order valence-corrected chi connectivity index (χ4v) is 4.29. The van der Waals surface area contributed by atoms with Crippen LogP contribution in [0.4, 0.5) is 9.18 Å². The van der Waals surface area contributed by atoms with Gasteiger partial charge in [0.2, 0.25) is 5.91 Å². The van der Waals surface area contributed by atoms with Gasteiger partial charge in [-0.15, -0.1) is 0 Å². The summed E-state index contributed by atoms with van der Waals surface area (Å²) in [6.45, 7) is 9.74. The van der Waals surface area contributed by atoms with E-state index in [-0.39, 0.29) is 24.4 Å². The quantitative estimate of drug-likeness (QED) is 0.494. The maximum atomic E-state index is 14.2. The van der Waals surface area contributed by atoms with Gasteiger partial charge in [-0.25, -0.2) is 14.1 Å². The third-order valence-electron chi connectivity index (χ3n) is 5.67. The monoisotopic (exact) mass is 475 g/mol. The second-order valence-corrected chi connectivity index (χ2v) is 10.2. The fraction of sp³-hybridized carbons (Fsp3) is 0.462. The maximum Gasteiger partial charge on any atom is 0.417 e. The van der Waals surface area contributed by atoms with Gasteiger partial charge < -0.3 is 9.47 Å². The van der Waals surface area contributed by atoms with E-state index in [1.54, 1.807) is 26.8 Å². The first-order chi connectivity index (χ1) is 15.4. The van der Waals surface area contributed by atoms with Crippen molar-refractivity contribution >= 4 is 23.6 Å². The Morgan fingerprint density at radius 2 is 1.88 bits per heavy atom. The molecule has 0 saturated carbocycles. The number of amides is 2. The predicted octanol–water partition coefficient (Wildman–Crippen LogP) is 6.27. The van der Waals surface area contributed by atoms with Crippen molar-refractivity contribution < 1.29 is 23.5 Å². The summed E-state index contributed by atoms with van der Waals surface area (Å²) in [7, 11) is 0. The Bertz CT molecular complexity index is 1020. The number of hydrogen-bond donors (Lipinski definition) is 0. The van der Waals surface area contributed by atoms with E-state index in [1.165, 1.54) is 17.0 Å². The highest BCUT2D eigenvalue weighted by Gasteiger charge is 2.52. The van der Waals surface area contributed by atoms with Gasteiger partial charge in [-0.1, -0.05) is 35.9 Å². The first kappa shape index (κ1) is 25.2. The SMILES string of the molecule is CCOC[C@]1(C)CC(Cc2ccc(-c3cc(Cl)ccc3F)cc2)N(C(=O)OC(C)(C)C)C1=O. The molecule has 0 aliphatic carbocycles. The third-order valence-corrected chi connectivity index (χ3v) is 5.90. The molecule has 0 aromatic heterocycles. The lowest BCUT2D eigenvalue weighted by Crippen LogP contribution is -2.45. The Morgan fingerprint density at radius 1 is 1.21 bits per heavy atom. The molecule has 0 radical (unpaired) electrons. The molecule has 0 N–H and O–H groups in total. The topological polar surface area (TPSA) is 55.8 Å². The van der Waals surface area contributed by atoms with Crippen molar-refractivity contribution in [3.8, 4) is 11.1 Å². The number of rotatable bonds is 6. The zero-order valence-electron chi connectivity index (χ0n) is 19.8. The Hall–Kier alpha value is -2.44. The van der Waals surface area contributed by atoms with Crippen LogP contribution in [0.15, 0.2) is 42.5 Å². The second kappa shape index (κ2) is 9.82. The molecule has 2 aromatic carbocycles. The summed E-state index contributed by atoms with van der Waals surface area (Å²) in [5, 5.41) is 0.460. The average molecular weight is 476 g/mol.